The van der Waals surface area contributed by atoms with E-state index in [1.165, 1.54) is 21.6 Å². The number of carbonyl (C=O) groups is 1. The van der Waals surface area contributed by atoms with Gasteiger partial charge in [-0.15, -0.1) is 11.3 Å². The Bertz CT molecular complexity index is 589. The Morgan fingerprint density at radius 1 is 1.32 bits per heavy atom. The molecule has 0 unspecified atom stereocenters. The number of carbonyl (C=O) groups excluding carboxylic acids is 1. The molecule has 3 heteroatoms. The summed E-state index contributed by atoms with van der Waals surface area (Å²) in [5, 5.41) is 4.90. The second-order valence-electron chi connectivity index (χ2n) is 4.91. The molecule has 1 amide bonds. The first kappa shape index (κ1) is 12.4. The molecule has 2 nitrogen and oxygen atoms in total. The molecule has 3 rings (SSSR count). The quantitative estimate of drug-likeness (QED) is 0.888. The number of likely N-dealkylation sites (N-methyl/N-ethyl adjacent to an activating group) is 1. The topological polar surface area (TPSA) is 29.1 Å². The predicted molar refractivity (Wildman–Crippen MR) is 79.5 cm³/mol. The Hall–Kier alpha value is -1.61. The maximum absolute atomic E-state index is 12.0. The van der Waals surface area contributed by atoms with Gasteiger partial charge in [-0.25, -0.2) is 0 Å². The highest BCUT2D eigenvalue weighted by Gasteiger charge is 2.27. The van der Waals surface area contributed by atoms with E-state index < -0.39 is 0 Å². The lowest BCUT2D eigenvalue weighted by Gasteiger charge is -2.26. The van der Waals surface area contributed by atoms with Crippen LogP contribution >= 0.6 is 11.3 Å². The van der Waals surface area contributed by atoms with Gasteiger partial charge in [-0.05, 0) is 47.4 Å². The van der Waals surface area contributed by atoms with Gasteiger partial charge >= 0.3 is 0 Å². The summed E-state index contributed by atoms with van der Waals surface area (Å²) in [7, 11) is 1.72. The van der Waals surface area contributed by atoms with Crippen LogP contribution in [-0.2, 0) is 11.2 Å². The number of hydrogen-bond acceptors (Lipinski definition) is 2. The van der Waals surface area contributed by atoms with Crippen LogP contribution in [0.2, 0.25) is 0 Å². The highest BCUT2D eigenvalue weighted by atomic mass is 32.1. The van der Waals surface area contributed by atoms with E-state index in [9.17, 15) is 4.79 Å². The lowest BCUT2D eigenvalue weighted by molar-refractivity contribution is -0.122. The molecular weight excluding hydrogens is 254 g/mol. The molecule has 0 aliphatic heterocycles. The average Bonchev–Trinajstić information content (AvgIpc) is 2.99. The van der Waals surface area contributed by atoms with Crippen LogP contribution < -0.4 is 5.32 Å². The van der Waals surface area contributed by atoms with Crippen LogP contribution in [0.1, 0.15) is 29.9 Å². The molecule has 0 spiro atoms. The van der Waals surface area contributed by atoms with Crippen molar-refractivity contribution in [1.29, 1.82) is 0 Å². The van der Waals surface area contributed by atoms with E-state index in [2.05, 4.69) is 41.0 Å². The summed E-state index contributed by atoms with van der Waals surface area (Å²) < 4.78 is 0. The highest BCUT2D eigenvalue weighted by molar-refractivity contribution is 7.13. The fourth-order valence-electron chi connectivity index (χ4n) is 2.96. The minimum absolute atomic E-state index is 0.0219. The first-order chi connectivity index (χ1) is 9.31. The molecule has 0 saturated heterocycles. The van der Waals surface area contributed by atoms with Gasteiger partial charge in [0.25, 0.3) is 0 Å². The van der Waals surface area contributed by atoms with Gasteiger partial charge in [0.2, 0.25) is 5.91 Å². The second-order valence-corrected chi connectivity index (χ2v) is 5.86. The Morgan fingerprint density at radius 3 is 2.95 bits per heavy atom. The summed E-state index contributed by atoms with van der Waals surface area (Å²) in [6.45, 7) is 0. The smallest absolute Gasteiger partial charge is 0.227 e. The van der Waals surface area contributed by atoms with Gasteiger partial charge < -0.3 is 5.32 Å². The molecule has 19 heavy (non-hydrogen) atoms. The van der Waals surface area contributed by atoms with Crippen molar-refractivity contribution < 1.29 is 4.79 Å². The molecule has 1 N–H and O–H groups in total. The van der Waals surface area contributed by atoms with Crippen molar-refractivity contribution in [2.75, 3.05) is 7.05 Å². The monoisotopic (exact) mass is 271 g/mol. The van der Waals surface area contributed by atoms with Crippen molar-refractivity contribution in [2.24, 2.45) is 0 Å². The van der Waals surface area contributed by atoms with Crippen molar-refractivity contribution in [2.45, 2.75) is 25.2 Å². The van der Waals surface area contributed by atoms with Gasteiger partial charge in [0.15, 0.2) is 0 Å². The number of hydrogen-bond donors (Lipinski definition) is 1. The van der Waals surface area contributed by atoms with E-state index in [1.54, 1.807) is 18.4 Å². The molecule has 1 aromatic heterocycles. The number of amides is 1. The van der Waals surface area contributed by atoms with Crippen LogP contribution in [0.4, 0.5) is 0 Å². The summed E-state index contributed by atoms with van der Waals surface area (Å²) in [5.41, 5.74) is 3.89. The van der Waals surface area contributed by atoms with Gasteiger partial charge in [-0.2, -0.15) is 0 Å². The lowest BCUT2D eigenvalue weighted by Crippen LogP contribution is -2.28. The number of thiophene rings is 1. The molecule has 1 atom stereocenters. The van der Waals surface area contributed by atoms with Crippen LogP contribution in [0.25, 0.3) is 10.4 Å². The summed E-state index contributed by atoms with van der Waals surface area (Å²) in [6.07, 6.45) is 3.13. The standard InChI is InChI=1S/C16H17NOS/c1-17-16(18)14-8-3-5-11-12(14)6-2-7-13(11)15-9-4-10-19-15/h2,4,6-7,9-10,14H,3,5,8H2,1H3,(H,17,18)/t14-/m1/s1. The third-order valence-corrected chi connectivity index (χ3v) is 4.76. The molecule has 1 aromatic carbocycles. The maximum Gasteiger partial charge on any atom is 0.227 e. The SMILES string of the molecule is CNC(=O)[C@@H]1CCCc2c(-c3cccs3)cccc21. The molecule has 98 valence electrons. The zero-order chi connectivity index (χ0) is 13.2. The van der Waals surface area contributed by atoms with Crippen molar-refractivity contribution in [1.82, 2.24) is 5.32 Å². The molecule has 1 heterocycles. The fourth-order valence-corrected chi connectivity index (χ4v) is 3.74. The molecule has 2 aromatic rings. The zero-order valence-corrected chi connectivity index (χ0v) is 11.8. The maximum atomic E-state index is 12.0. The van der Waals surface area contributed by atoms with Gasteiger partial charge in [0.05, 0.1) is 5.92 Å². The predicted octanol–water partition coefficient (Wildman–Crippen LogP) is 3.58. The first-order valence-corrected chi connectivity index (χ1v) is 7.56. The van der Waals surface area contributed by atoms with Gasteiger partial charge in [0, 0.05) is 11.9 Å². The van der Waals surface area contributed by atoms with E-state index in [0.29, 0.717) is 0 Å². The second kappa shape index (κ2) is 5.17. The molecule has 1 aliphatic rings. The number of fused-ring (bicyclic) bond motifs is 1. The zero-order valence-electron chi connectivity index (χ0n) is 11.0. The molecular formula is C16H17NOS. The normalized spacial score (nSPS) is 17.8. The molecule has 0 radical (unpaired) electrons. The summed E-state index contributed by atoms with van der Waals surface area (Å²) in [5.74, 6) is 0.165. The van der Waals surface area contributed by atoms with E-state index in [1.807, 2.05) is 0 Å². The minimum atomic E-state index is 0.0219. The van der Waals surface area contributed by atoms with Crippen LogP contribution in [0.3, 0.4) is 0 Å². The number of nitrogens with one attached hydrogen (secondary N) is 1. The fraction of sp³-hybridized carbons (Fsp3) is 0.312. The average molecular weight is 271 g/mol. The largest absolute Gasteiger partial charge is 0.359 e. The van der Waals surface area contributed by atoms with E-state index in [0.717, 1.165) is 19.3 Å². The highest BCUT2D eigenvalue weighted by Crippen LogP contribution is 2.38. The Labute approximate surface area is 117 Å². The molecule has 0 saturated carbocycles. The van der Waals surface area contributed by atoms with E-state index in [-0.39, 0.29) is 11.8 Å². The van der Waals surface area contributed by atoms with Crippen molar-refractivity contribution in [3.8, 4) is 10.4 Å². The summed E-state index contributed by atoms with van der Waals surface area (Å²) >= 11 is 1.76. The molecule has 1 aliphatic carbocycles. The van der Waals surface area contributed by atoms with E-state index >= 15 is 0 Å². The van der Waals surface area contributed by atoms with Crippen LogP contribution in [0.5, 0.6) is 0 Å². The van der Waals surface area contributed by atoms with E-state index in [4.69, 9.17) is 0 Å². The van der Waals surface area contributed by atoms with Gasteiger partial charge in [-0.3, -0.25) is 4.79 Å². The van der Waals surface area contributed by atoms with Crippen molar-refractivity contribution in [3.63, 3.8) is 0 Å². The Kier molecular flexibility index (Phi) is 3.38. The van der Waals surface area contributed by atoms with Crippen molar-refractivity contribution >= 4 is 17.2 Å². The first-order valence-electron chi connectivity index (χ1n) is 6.68. The third kappa shape index (κ3) is 2.19. The van der Waals surface area contributed by atoms with Gasteiger partial charge in [0.1, 0.15) is 0 Å². The molecule has 0 fully saturated rings. The van der Waals surface area contributed by atoms with Gasteiger partial charge in [-0.1, -0.05) is 24.3 Å². The minimum Gasteiger partial charge on any atom is -0.359 e. The third-order valence-electron chi connectivity index (χ3n) is 3.86. The Balaban J connectivity index is 2.10. The summed E-state index contributed by atoms with van der Waals surface area (Å²) in [4.78, 5) is 13.3. The van der Waals surface area contributed by atoms with Crippen LogP contribution in [0, 0.1) is 0 Å². The number of rotatable bonds is 2. The Morgan fingerprint density at radius 2 is 2.21 bits per heavy atom. The number of benzene rings is 1. The lowest BCUT2D eigenvalue weighted by atomic mass is 9.80. The van der Waals surface area contributed by atoms with Crippen molar-refractivity contribution in [3.05, 3.63) is 46.8 Å². The van der Waals surface area contributed by atoms with Crippen LogP contribution in [0.15, 0.2) is 35.7 Å². The summed E-state index contributed by atoms with van der Waals surface area (Å²) in [6, 6.07) is 10.6. The molecule has 0 bridgehead atoms. The van der Waals surface area contributed by atoms with Crippen LogP contribution in [-0.4, -0.2) is 13.0 Å².